The van der Waals surface area contributed by atoms with Crippen LogP contribution in [-0.4, -0.2) is 35.9 Å². The first-order chi connectivity index (χ1) is 17.4. The summed E-state index contributed by atoms with van der Waals surface area (Å²) < 4.78 is 25.4. The fourth-order valence-electron chi connectivity index (χ4n) is 3.31. The molecule has 10 heteroatoms. The van der Waals surface area contributed by atoms with Crippen molar-refractivity contribution in [2.45, 2.75) is 0 Å². The quantitative estimate of drug-likeness (QED) is 0.311. The second-order valence-corrected chi connectivity index (χ2v) is 8.03. The van der Waals surface area contributed by atoms with Crippen LogP contribution in [-0.2, 0) is 4.74 Å². The monoisotopic (exact) mass is 508 g/mol. The third-order valence-electron chi connectivity index (χ3n) is 5.02. The number of carbonyl (C=O) groups is 1. The number of hydrogen-bond acceptors (Lipinski definition) is 6. The summed E-state index contributed by atoms with van der Waals surface area (Å²) in [4.78, 5) is 25.9. The molecule has 0 saturated heterocycles. The molecule has 8 nitrogen and oxygen atoms in total. The Kier molecular flexibility index (Phi) is 7.94. The second kappa shape index (κ2) is 11.5. The number of hydrogen-bond donors (Lipinski definition) is 2. The Labute approximate surface area is 211 Å². The molecule has 0 fully saturated rings. The van der Waals surface area contributed by atoms with Gasteiger partial charge in [-0.2, -0.15) is 9.78 Å². The number of ether oxygens (including phenoxy) is 2. The van der Waals surface area contributed by atoms with Gasteiger partial charge in [0.25, 0.3) is 11.5 Å². The molecule has 4 aromatic rings. The van der Waals surface area contributed by atoms with Gasteiger partial charge in [0.1, 0.15) is 11.6 Å². The van der Waals surface area contributed by atoms with Crippen molar-refractivity contribution in [1.29, 1.82) is 0 Å². The Balaban J connectivity index is 1.72. The van der Waals surface area contributed by atoms with Crippen LogP contribution in [0.25, 0.3) is 5.69 Å². The zero-order valence-corrected chi connectivity index (χ0v) is 20.0. The maximum Gasteiger partial charge on any atom is 0.299 e. The minimum Gasteiger partial charge on any atom is -0.453 e. The van der Waals surface area contributed by atoms with Gasteiger partial charge in [0.15, 0.2) is 11.4 Å². The van der Waals surface area contributed by atoms with E-state index < -0.39 is 11.4 Å². The highest BCUT2D eigenvalue weighted by Gasteiger charge is 2.16. The van der Waals surface area contributed by atoms with E-state index in [4.69, 9.17) is 21.1 Å². The molecule has 3 aromatic carbocycles. The first kappa shape index (κ1) is 24.9. The largest absolute Gasteiger partial charge is 0.453 e. The summed E-state index contributed by atoms with van der Waals surface area (Å²) in [6.07, 6.45) is 1.37. The molecule has 4 rings (SSSR count). The lowest BCUT2D eigenvalue weighted by molar-refractivity contribution is 0.0937. The number of nitrogens with one attached hydrogen (secondary N) is 2. The Morgan fingerprint density at radius 2 is 1.86 bits per heavy atom. The number of rotatable bonds is 9. The van der Waals surface area contributed by atoms with E-state index in [1.807, 2.05) is 0 Å². The van der Waals surface area contributed by atoms with Crippen molar-refractivity contribution < 1.29 is 18.7 Å². The highest BCUT2D eigenvalue weighted by atomic mass is 35.5. The van der Waals surface area contributed by atoms with Crippen LogP contribution in [0.5, 0.6) is 11.5 Å². The van der Waals surface area contributed by atoms with Crippen LogP contribution in [0.4, 0.5) is 15.8 Å². The van der Waals surface area contributed by atoms with E-state index in [-0.39, 0.29) is 17.3 Å². The summed E-state index contributed by atoms with van der Waals surface area (Å²) in [6.45, 7) is 0.741. The molecule has 0 aliphatic rings. The average molecular weight is 509 g/mol. The molecule has 36 heavy (non-hydrogen) atoms. The van der Waals surface area contributed by atoms with E-state index in [1.54, 1.807) is 55.6 Å². The molecule has 0 saturated carbocycles. The maximum absolute atomic E-state index is 13.5. The summed E-state index contributed by atoms with van der Waals surface area (Å²) in [6, 6.07) is 18.7. The summed E-state index contributed by atoms with van der Waals surface area (Å²) in [5, 5.41) is 10.5. The first-order valence-corrected chi connectivity index (χ1v) is 11.3. The van der Waals surface area contributed by atoms with Crippen LogP contribution in [0.2, 0.25) is 5.02 Å². The zero-order chi connectivity index (χ0) is 25.5. The van der Waals surface area contributed by atoms with Crippen molar-refractivity contribution in [3.8, 4) is 17.2 Å². The van der Waals surface area contributed by atoms with Crippen molar-refractivity contribution >= 4 is 28.9 Å². The van der Waals surface area contributed by atoms with Gasteiger partial charge in [0, 0.05) is 29.9 Å². The molecule has 1 heterocycles. The highest BCUT2D eigenvalue weighted by Crippen LogP contribution is 2.30. The third kappa shape index (κ3) is 6.07. The lowest BCUT2D eigenvalue weighted by atomic mass is 10.2. The first-order valence-electron chi connectivity index (χ1n) is 10.9. The lowest BCUT2D eigenvalue weighted by Gasteiger charge is -2.15. The molecule has 0 unspecified atom stereocenters. The molecular formula is C26H22ClFN4O4. The zero-order valence-electron chi connectivity index (χ0n) is 19.2. The van der Waals surface area contributed by atoms with E-state index in [0.717, 1.165) is 4.68 Å². The van der Waals surface area contributed by atoms with Gasteiger partial charge >= 0.3 is 0 Å². The normalized spacial score (nSPS) is 10.6. The van der Waals surface area contributed by atoms with Gasteiger partial charge < -0.3 is 20.1 Å². The third-order valence-corrected chi connectivity index (χ3v) is 5.26. The van der Waals surface area contributed by atoms with Crippen LogP contribution >= 0.6 is 11.6 Å². The van der Waals surface area contributed by atoms with E-state index >= 15 is 0 Å². The van der Waals surface area contributed by atoms with Crippen molar-refractivity contribution in [2.75, 3.05) is 25.6 Å². The van der Waals surface area contributed by atoms with Crippen LogP contribution < -0.4 is 20.9 Å². The van der Waals surface area contributed by atoms with Crippen molar-refractivity contribution in [1.82, 2.24) is 15.1 Å². The number of anilines is 2. The molecule has 184 valence electrons. The summed E-state index contributed by atoms with van der Waals surface area (Å²) in [7, 11) is 1.55. The molecule has 0 spiro atoms. The smallest absolute Gasteiger partial charge is 0.299 e. The van der Waals surface area contributed by atoms with E-state index in [1.165, 1.54) is 30.5 Å². The Bertz CT molecular complexity index is 1430. The van der Waals surface area contributed by atoms with Gasteiger partial charge in [-0.3, -0.25) is 9.59 Å². The summed E-state index contributed by atoms with van der Waals surface area (Å²) in [5.41, 5.74) is 0.743. The minimum absolute atomic E-state index is 0.0613. The van der Waals surface area contributed by atoms with Crippen LogP contribution in [0.15, 0.2) is 83.8 Å². The highest BCUT2D eigenvalue weighted by molar-refractivity contribution is 6.30. The van der Waals surface area contributed by atoms with Crippen molar-refractivity contribution in [2.24, 2.45) is 0 Å². The van der Waals surface area contributed by atoms with Gasteiger partial charge in [0.05, 0.1) is 18.5 Å². The topological polar surface area (TPSA) is 94.5 Å². The molecule has 0 radical (unpaired) electrons. The molecule has 1 amide bonds. The number of aromatic nitrogens is 2. The SMILES string of the molecule is COCCNC(=O)c1cccc(Nc2c(Oc3cccc(Cl)c3)cnn(-c3ccc(F)cc3)c2=O)c1. The van der Waals surface area contributed by atoms with E-state index in [2.05, 4.69) is 15.7 Å². The molecule has 1 aromatic heterocycles. The lowest BCUT2D eigenvalue weighted by Crippen LogP contribution is -2.27. The number of nitrogens with zero attached hydrogens (tertiary/aromatic N) is 2. The standard InChI is InChI=1S/C26H22ClFN4O4/c1-35-13-12-29-25(33)17-4-2-6-20(14-17)31-24-23(36-22-7-3-5-18(27)15-22)16-30-32(26(24)34)21-10-8-19(28)9-11-21/h2-11,14-16,31H,12-13H2,1H3,(H,29,33). The van der Waals surface area contributed by atoms with Crippen molar-refractivity contribution in [3.63, 3.8) is 0 Å². The number of halogens is 2. The van der Waals surface area contributed by atoms with Gasteiger partial charge in [-0.05, 0) is 60.7 Å². The predicted octanol–water partition coefficient (Wildman–Crippen LogP) is 4.94. The molecule has 0 bridgehead atoms. The molecule has 0 atom stereocenters. The molecule has 2 N–H and O–H groups in total. The van der Waals surface area contributed by atoms with Crippen LogP contribution in [0, 0.1) is 5.82 Å². The number of amides is 1. The Morgan fingerprint density at radius 1 is 1.08 bits per heavy atom. The number of carbonyl (C=O) groups excluding carboxylic acids is 1. The Hall–Kier alpha value is -4.21. The fourth-order valence-corrected chi connectivity index (χ4v) is 3.49. The number of benzene rings is 3. The van der Waals surface area contributed by atoms with Gasteiger partial charge in [0.2, 0.25) is 0 Å². The minimum atomic E-state index is -0.545. The maximum atomic E-state index is 13.5. The predicted molar refractivity (Wildman–Crippen MR) is 135 cm³/mol. The van der Waals surface area contributed by atoms with E-state index in [9.17, 15) is 14.0 Å². The molecule has 0 aliphatic heterocycles. The Morgan fingerprint density at radius 3 is 2.61 bits per heavy atom. The second-order valence-electron chi connectivity index (χ2n) is 7.59. The van der Waals surface area contributed by atoms with Crippen LogP contribution in [0.3, 0.4) is 0 Å². The summed E-state index contributed by atoms with van der Waals surface area (Å²) >= 11 is 6.07. The molecular weight excluding hydrogens is 487 g/mol. The van der Waals surface area contributed by atoms with Crippen LogP contribution in [0.1, 0.15) is 10.4 Å². The van der Waals surface area contributed by atoms with Crippen molar-refractivity contribution in [3.05, 3.63) is 106 Å². The van der Waals surface area contributed by atoms with Gasteiger partial charge in [-0.15, -0.1) is 0 Å². The van der Waals surface area contributed by atoms with Gasteiger partial charge in [-0.25, -0.2) is 4.39 Å². The number of methoxy groups -OCH3 is 1. The van der Waals surface area contributed by atoms with Gasteiger partial charge in [-0.1, -0.05) is 23.7 Å². The van der Waals surface area contributed by atoms with E-state index in [0.29, 0.717) is 40.9 Å². The average Bonchev–Trinajstić information content (AvgIpc) is 2.87. The molecule has 0 aliphatic carbocycles. The summed E-state index contributed by atoms with van der Waals surface area (Å²) in [5.74, 6) is -0.190. The fraction of sp³-hybridized carbons (Fsp3) is 0.115.